The first-order valence-electron chi connectivity index (χ1n) is 24.7. The van der Waals surface area contributed by atoms with Gasteiger partial charge < -0.3 is 20.0 Å². The van der Waals surface area contributed by atoms with Crippen LogP contribution >= 0.6 is 0 Å². The Morgan fingerprint density at radius 1 is 0.527 bits per heavy atom. The predicted molar refractivity (Wildman–Crippen MR) is 267 cm³/mol. The average molecular weight is 1050 g/mol. The second kappa shape index (κ2) is 26.8. The molecule has 408 valence electrons. The molecule has 2 N–H and O–H groups in total. The minimum Gasteiger partial charge on any atom is -0.478 e. The number of unbranched alkanes of at least 4 members (excludes halogenated alkanes) is 2. The highest BCUT2D eigenvalue weighted by molar-refractivity contribution is 5.89. The van der Waals surface area contributed by atoms with E-state index in [2.05, 4.69) is 39.7 Å². The number of nitrogens with zero attached hydrogens (tertiary/aromatic N) is 12. The van der Waals surface area contributed by atoms with Gasteiger partial charge in [0.05, 0.1) is 0 Å². The van der Waals surface area contributed by atoms with Crippen molar-refractivity contribution in [3.05, 3.63) is 104 Å². The van der Waals surface area contributed by atoms with Crippen LogP contribution in [0.5, 0.6) is 0 Å². The molecule has 74 heavy (non-hydrogen) atoms. The lowest BCUT2D eigenvalue weighted by molar-refractivity contribution is -0.142. The van der Waals surface area contributed by atoms with E-state index < -0.39 is 46.5 Å². The Bertz CT molecular complexity index is 2370. The quantitative estimate of drug-likeness (QED) is 0.0677. The summed E-state index contributed by atoms with van der Waals surface area (Å²) in [7, 11) is 0. The van der Waals surface area contributed by atoms with Crippen LogP contribution in [0.3, 0.4) is 0 Å². The lowest BCUT2D eigenvalue weighted by Crippen LogP contribution is -2.47. The van der Waals surface area contributed by atoms with Gasteiger partial charge in [-0.2, -0.15) is 36.3 Å². The number of aromatic nitrogens is 8. The molecule has 0 amide bonds. The smallest absolute Gasteiger partial charge is 0.433 e. The van der Waals surface area contributed by atoms with Gasteiger partial charge in [0, 0.05) is 124 Å². The van der Waals surface area contributed by atoms with Gasteiger partial charge in [-0.15, -0.1) is 0 Å². The van der Waals surface area contributed by atoms with Gasteiger partial charge in [0.15, 0.2) is 0 Å². The molecule has 0 saturated carbocycles. The number of rotatable bonds is 16. The molecule has 0 aromatic carbocycles. The Kier molecular flexibility index (Phi) is 21.8. The van der Waals surface area contributed by atoms with Crippen molar-refractivity contribution < 1.29 is 46.1 Å². The van der Waals surface area contributed by atoms with E-state index in [0.29, 0.717) is 63.1 Å². The van der Waals surface area contributed by atoms with Crippen LogP contribution in [0.25, 0.3) is 0 Å². The van der Waals surface area contributed by atoms with Crippen LogP contribution in [-0.4, -0.2) is 136 Å². The molecule has 0 spiro atoms. The third-order valence-electron chi connectivity index (χ3n) is 11.9. The molecule has 2 aliphatic heterocycles. The summed E-state index contributed by atoms with van der Waals surface area (Å²) in [6.45, 7) is 23.3. The van der Waals surface area contributed by atoms with Crippen LogP contribution in [0, 0.1) is 0 Å². The van der Waals surface area contributed by atoms with Crippen molar-refractivity contribution in [1.29, 1.82) is 0 Å². The van der Waals surface area contributed by atoms with Crippen LogP contribution in [0.1, 0.15) is 115 Å². The predicted octanol–water partition coefficient (Wildman–Crippen LogP) is 6.74. The fourth-order valence-corrected chi connectivity index (χ4v) is 7.60. The van der Waals surface area contributed by atoms with Gasteiger partial charge in [-0.3, -0.25) is 18.9 Å². The van der Waals surface area contributed by atoms with E-state index in [-0.39, 0.29) is 23.0 Å². The van der Waals surface area contributed by atoms with Crippen molar-refractivity contribution >= 4 is 23.6 Å². The van der Waals surface area contributed by atoms with E-state index in [4.69, 9.17) is 10.2 Å². The van der Waals surface area contributed by atoms with E-state index in [9.17, 15) is 45.5 Å². The monoisotopic (exact) mass is 1050 g/mol. The summed E-state index contributed by atoms with van der Waals surface area (Å²) in [6, 6.07) is 5.87. The highest BCUT2D eigenvalue weighted by Gasteiger charge is 2.37. The molecule has 4 aromatic heterocycles. The molecule has 6 heterocycles. The largest absolute Gasteiger partial charge is 0.478 e. The van der Waals surface area contributed by atoms with Crippen molar-refractivity contribution in [3.8, 4) is 0 Å². The van der Waals surface area contributed by atoms with Crippen molar-refractivity contribution in [2.45, 2.75) is 130 Å². The number of aryl methyl sites for hydroxylation is 4. The van der Waals surface area contributed by atoms with Crippen molar-refractivity contribution in [2.24, 2.45) is 0 Å². The second-order valence-electron chi connectivity index (χ2n) is 19.9. The lowest BCUT2D eigenvalue weighted by Gasteiger charge is -2.36. The number of halogens is 6. The molecule has 24 heteroatoms. The first-order valence-corrected chi connectivity index (χ1v) is 24.7. The SMILES string of the molecule is CCc1ccn(CCCCN2CCN(c3cc(C(F)(F)F)nc(C(C)(C)C)n3)CC2)c(=O)n1.CCc1ccn(CCCCN2CCN(c3cc(C(F)(F)F)nc(C(C)(C)C)n3)CC2)c(=O)n1.O=C(O)C=CC(=O)O. The van der Waals surface area contributed by atoms with E-state index in [1.807, 2.05) is 77.3 Å². The summed E-state index contributed by atoms with van der Waals surface area (Å²) in [5, 5.41) is 15.6. The molecule has 0 aliphatic carbocycles. The first-order chi connectivity index (χ1) is 34.6. The van der Waals surface area contributed by atoms with Gasteiger partial charge in [0.2, 0.25) is 0 Å². The number of hydrogen-bond donors (Lipinski definition) is 2. The zero-order valence-corrected chi connectivity index (χ0v) is 43.5. The highest BCUT2D eigenvalue weighted by Crippen LogP contribution is 2.34. The van der Waals surface area contributed by atoms with Gasteiger partial charge in [-0.05, 0) is 63.7 Å². The highest BCUT2D eigenvalue weighted by atomic mass is 19.4. The van der Waals surface area contributed by atoms with Crippen LogP contribution in [0.4, 0.5) is 38.0 Å². The molecule has 4 aromatic rings. The Balaban J connectivity index is 0.000000279. The third kappa shape index (κ3) is 19.5. The third-order valence-corrected chi connectivity index (χ3v) is 11.9. The van der Waals surface area contributed by atoms with Crippen LogP contribution in [-0.2, 0) is 58.7 Å². The second-order valence-corrected chi connectivity index (χ2v) is 19.9. The zero-order valence-electron chi connectivity index (χ0n) is 43.5. The average Bonchev–Trinajstić information content (AvgIpc) is 3.33. The van der Waals surface area contributed by atoms with Crippen molar-refractivity contribution in [3.63, 3.8) is 0 Å². The molecule has 0 radical (unpaired) electrons. The lowest BCUT2D eigenvalue weighted by atomic mass is 9.95. The van der Waals surface area contributed by atoms with E-state index in [0.717, 1.165) is 101 Å². The summed E-state index contributed by atoms with van der Waals surface area (Å²) < 4.78 is 83.6. The van der Waals surface area contributed by atoms with Crippen molar-refractivity contribution in [1.82, 2.24) is 48.8 Å². The molecule has 2 aliphatic rings. The topological polar surface area (TPSA) is 209 Å². The van der Waals surface area contributed by atoms with Crippen LogP contribution in [0.2, 0.25) is 0 Å². The number of aliphatic carboxylic acids is 2. The summed E-state index contributed by atoms with van der Waals surface area (Å²) in [5.41, 5.74) is -1.75. The van der Waals surface area contributed by atoms with E-state index in [1.54, 1.807) is 21.5 Å². The fourth-order valence-electron chi connectivity index (χ4n) is 7.60. The van der Waals surface area contributed by atoms with Gasteiger partial charge >= 0.3 is 35.7 Å². The molecule has 2 fully saturated rings. The summed E-state index contributed by atoms with van der Waals surface area (Å²) in [4.78, 5) is 76.1. The van der Waals surface area contributed by atoms with Crippen LogP contribution < -0.4 is 21.2 Å². The molecule has 0 bridgehead atoms. The number of alkyl halides is 6. The Hall–Kier alpha value is -6.30. The maximum atomic E-state index is 13.4. The summed E-state index contributed by atoms with van der Waals surface area (Å²) in [6.07, 6.45) is 0.784. The number of carboxylic acids is 2. The fraction of sp³-hybridized carbons (Fsp3) is 0.600. The standard InChI is InChI=1S/2C23H33F3N6O.C4H4O4/c2*1-5-17-8-11-32(21(33)27-17)10-7-6-9-30-12-14-31(15-13-30)19-16-18(23(24,25)26)28-20(29-19)22(2,3)4;5-3(6)1-2-4(7)8/h2*8,11,16H,5-7,9-10,12-15H2,1-4H3;1-2H,(H,5,6)(H,7,8). The Morgan fingerprint density at radius 2 is 0.851 bits per heavy atom. The van der Waals surface area contributed by atoms with Gasteiger partial charge in [0.1, 0.15) is 34.7 Å². The van der Waals surface area contributed by atoms with Crippen LogP contribution in [0.15, 0.2) is 58.4 Å². The molecule has 6 rings (SSSR count). The number of piperazine rings is 2. The normalized spacial score (nSPS) is 15.1. The molecule has 0 unspecified atom stereocenters. The minimum atomic E-state index is -4.51. The van der Waals surface area contributed by atoms with Crippen molar-refractivity contribution in [2.75, 3.05) is 75.2 Å². The molecule has 0 atom stereocenters. The van der Waals surface area contributed by atoms with E-state index >= 15 is 0 Å². The molecule has 18 nitrogen and oxygen atoms in total. The van der Waals surface area contributed by atoms with Gasteiger partial charge in [-0.1, -0.05) is 55.4 Å². The van der Waals surface area contributed by atoms with E-state index in [1.165, 1.54) is 0 Å². The summed E-state index contributed by atoms with van der Waals surface area (Å²) >= 11 is 0. The Labute approximate surface area is 427 Å². The number of carboxylic acid groups (broad SMARTS) is 2. The number of carbonyl (C=O) groups is 2. The number of hydrogen-bond acceptors (Lipinski definition) is 14. The van der Waals surface area contributed by atoms with Gasteiger partial charge in [0.25, 0.3) is 0 Å². The minimum absolute atomic E-state index is 0.200. The maximum absolute atomic E-state index is 13.4. The molecular weight excluding hydrogens is 979 g/mol. The maximum Gasteiger partial charge on any atom is 0.433 e. The Morgan fingerprint density at radius 3 is 1.12 bits per heavy atom. The zero-order chi connectivity index (χ0) is 55.0. The molecule has 2 saturated heterocycles. The summed E-state index contributed by atoms with van der Waals surface area (Å²) in [5.74, 6) is -1.44. The molecular formula is C50H70F6N12O6. The van der Waals surface area contributed by atoms with Gasteiger partial charge in [-0.25, -0.2) is 39.1 Å². The number of anilines is 2. The first kappa shape index (κ1) is 60.3.